The number of carbonyl (C=O) groups is 2. The van der Waals surface area contributed by atoms with E-state index in [9.17, 15) is 14.7 Å². The minimum absolute atomic E-state index is 0.125. The monoisotopic (exact) mass is 829 g/mol. The van der Waals surface area contributed by atoms with Gasteiger partial charge in [0, 0.05) is 45.4 Å². The van der Waals surface area contributed by atoms with Crippen LogP contribution in [0.5, 0.6) is 23.0 Å². The van der Waals surface area contributed by atoms with Gasteiger partial charge in [-0.05, 0) is 24.3 Å². The van der Waals surface area contributed by atoms with Crippen molar-refractivity contribution in [2.45, 2.75) is 0 Å². The number of thiazole rings is 2. The molecule has 56 heavy (non-hydrogen) atoms. The number of ether oxygens (including phenoxy) is 4. The molecule has 0 fully saturated rings. The van der Waals surface area contributed by atoms with E-state index in [0.717, 1.165) is 22.4 Å². The highest BCUT2D eigenvalue weighted by atomic mass is 35.5. The number of amides is 1. The van der Waals surface area contributed by atoms with Gasteiger partial charge in [-0.15, -0.1) is 0 Å². The van der Waals surface area contributed by atoms with Crippen LogP contribution in [0.2, 0.25) is 10.0 Å². The lowest BCUT2D eigenvalue weighted by molar-refractivity contribution is 0.0702. The average molecular weight is 831 g/mol. The van der Waals surface area contributed by atoms with Gasteiger partial charge in [0.1, 0.15) is 22.4 Å². The fourth-order valence-electron chi connectivity index (χ4n) is 5.78. The molecule has 14 nitrogen and oxygen atoms in total. The standard InChI is InChI=1S/C19H15ClN4O3S.C19H14ClN3O4S/c1-26-14-7-12-13(8-15(14)27-2)24(9-22-12)19-23-16(17(28-19)18(21)25)10-4-3-5-11(20)6-10;1-26-14-7-12-13(8-15(14)27-2)23(9-21-12)19-22-16(17(28-19)18(24)25)10-4-3-5-11(20)6-10/h3-9H,1-2H3,(H2,21,25);3-9H,1-2H3,(H,24,25). The topological polar surface area (TPSA) is 179 Å². The van der Waals surface area contributed by atoms with Crippen molar-refractivity contribution in [2.75, 3.05) is 28.4 Å². The zero-order valence-corrected chi connectivity index (χ0v) is 33.0. The molecule has 4 aromatic heterocycles. The quantitative estimate of drug-likeness (QED) is 0.135. The molecule has 4 aromatic carbocycles. The van der Waals surface area contributed by atoms with E-state index in [1.807, 2.05) is 12.1 Å². The van der Waals surface area contributed by atoms with E-state index in [-0.39, 0.29) is 4.88 Å². The number of rotatable bonds is 10. The van der Waals surface area contributed by atoms with Crippen LogP contribution in [0.3, 0.4) is 0 Å². The van der Waals surface area contributed by atoms with Crippen molar-refractivity contribution in [1.82, 2.24) is 29.1 Å². The van der Waals surface area contributed by atoms with Gasteiger partial charge < -0.3 is 29.8 Å². The molecular formula is C38H29Cl2N7O7S2. The van der Waals surface area contributed by atoms with Crippen molar-refractivity contribution in [1.29, 1.82) is 0 Å². The van der Waals surface area contributed by atoms with Gasteiger partial charge >= 0.3 is 5.97 Å². The number of carboxylic acid groups (broad SMARTS) is 1. The molecule has 0 atom stereocenters. The van der Waals surface area contributed by atoms with Gasteiger partial charge in [0.25, 0.3) is 5.91 Å². The molecule has 0 radical (unpaired) electrons. The predicted octanol–water partition coefficient (Wildman–Crippen LogP) is 8.44. The first-order valence-corrected chi connectivity index (χ1v) is 18.7. The molecule has 8 rings (SSSR count). The van der Waals surface area contributed by atoms with Gasteiger partial charge in [-0.1, -0.05) is 70.1 Å². The van der Waals surface area contributed by atoms with E-state index in [1.54, 1.807) is 111 Å². The zero-order chi connectivity index (χ0) is 39.7. The van der Waals surface area contributed by atoms with Crippen LogP contribution in [0, 0.1) is 0 Å². The SMILES string of the molecule is COc1cc2ncn(-c3nc(-c4cccc(Cl)c4)c(C(=O)O)s3)c2cc1OC.COc1cc2ncn(-c3nc(-c4cccc(Cl)c4)c(C(N)=O)s3)c2cc1OC. The maximum absolute atomic E-state index is 12.0. The average Bonchev–Trinajstić information content (AvgIpc) is 4.01. The largest absolute Gasteiger partial charge is 0.493 e. The molecule has 0 saturated heterocycles. The second-order valence-corrected chi connectivity index (χ2v) is 14.5. The summed E-state index contributed by atoms with van der Waals surface area (Å²) in [6, 6.07) is 21.2. The normalized spacial score (nSPS) is 11.0. The second kappa shape index (κ2) is 15.9. The fourth-order valence-corrected chi connectivity index (χ4v) is 7.99. The Hall–Kier alpha value is -6.20. The van der Waals surface area contributed by atoms with E-state index in [2.05, 4.69) is 19.9 Å². The minimum atomic E-state index is -1.05. The third-order valence-corrected chi connectivity index (χ3v) is 10.9. The van der Waals surface area contributed by atoms with E-state index in [1.165, 1.54) is 11.3 Å². The van der Waals surface area contributed by atoms with Crippen molar-refractivity contribution in [2.24, 2.45) is 5.73 Å². The predicted molar refractivity (Wildman–Crippen MR) is 216 cm³/mol. The number of aromatic carboxylic acids is 1. The van der Waals surface area contributed by atoms with Gasteiger partial charge in [-0.2, -0.15) is 0 Å². The fraction of sp³-hybridized carbons (Fsp3) is 0.105. The molecule has 0 spiro atoms. The molecular weight excluding hydrogens is 801 g/mol. The summed E-state index contributed by atoms with van der Waals surface area (Å²) in [6.45, 7) is 0. The highest BCUT2D eigenvalue weighted by molar-refractivity contribution is 7.16. The van der Waals surface area contributed by atoms with Crippen molar-refractivity contribution in [3.63, 3.8) is 0 Å². The number of hydrogen-bond acceptors (Lipinski definition) is 12. The third kappa shape index (κ3) is 7.29. The van der Waals surface area contributed by atoms with E-state index in [4.69, 9.17) is 47.9 Å². The van der Waals surface area contributed by atoms with E-state index < -0.39 is 11.9 Å². The van der Waals surface area contributed by atoms with Crippen molar-refractivity contribution in [3.8, 4) is 55.8 Å². The number of carboxylic acids is 1. The molecule has 0 aliphatic carbocycles. The summed E-state index contributed by atoms with van der Waals surface area (Å²) in [4.78, 5) is 42.3. The van der Waals surface area contributed by atoms with E-state index >= 15 is 0 Å². The molecule has 4 heterocycles. The Kier molecular flexibility index (Phi) is 10.8. The smallest absolute Gasteiger partial charge is 0.348 e. The highest BCUT2D eigenvalue weighted by Crippen LogP contribution is 2.38. The number of benzene rings is 4. The van der Waals surface area contributed by atoms with Crippen molar-refractivity contribution >= 4 is 79.8 Å². The van der Waals surface area contributed by atoms with Gasteiger partial charge in [-0.3, -0.25) is 13.9 Å². The lowest BCUT2D eigenvalue weighted by atomic mass is 10.1. The third-order valence-electron chi connectivity index (χ3n) is 8.36. The summed E-state index contributed by atoms with van der Waals surface area (Å²) in [5, 5.41) is 11.7. The van der Waals surface area contributed by atoms with Gasteiger partial charge in [0.2, 0.25) is 0 Å². The van der Waals surface area contributed by atoms with Crippen molar-refractivity contribution < 1.29 is 33.6 Å². The number of aromatic nitrogens is 6. The maximum atomic E-state index is 12.0. The van der Waals surface area contributed by atoms with Crippen LogP contribution in [0.1, 0.15) is 19.3 Å². The molecule has 0 aliphatic rings. The van der Waals surface area contributed by atoms with Crippen LogP contribution in [0.4, 0.5) is 0 Å². The Morgan fingerprint density at radius 2 is 1.05 bits per heavy atom. The zero-order valence-electron chi connectivity index (χ0n) is 29.8. The summed E-state index contributed by atoms with van der Waals surface area (Å²) in [7, 11) is 6.24. The number of hydrogen-bond donors (Lipinski definition) is 2. The lowest BCUT2D eigenvalue weighted by Gasteiger charge is -2.07. The number of nitrogens with two attached hydrogens (primary N) is 1. The number of halogens is 2. The van der Waals surface area contributed by atoms with Crippen LogP contribution in [0.25, 0.3) is 54.8 Å². The summed E-state index contributed by atoms with van der Waals surface area (Å²) in [5.41, 5.74) is 10.7. The summed E-state index contributed by atoms with van der Waals surface area (Å²) in [5.74, 6) is 0.646. The number of imidazole rings is 2. The molecule has 3 N–H and O–H groups in total. The van der Waals surface area contributed by atoms with Crippen LogP contribution in [-0.2, 0) is 0 Å². The Balaban J connectivity index is 0.000000172. The van der Waals surface area contributed by atoms with Gasteiger partial charge in [-0.25, -0.2) is 24.7 Å². The Bertz CT molecular complexity index is 2590. The Labute approximate surface area is 336 Å². The second-order valence-electron chi connectivity index (χ2n) is 11.7. The summed E-state index contributed by atoms with van der Waals surface area (Å²) < 4.78 is 24.9. The number of nitrogens with zero attached hydrogens (tertiary/aromatic N) is 6. The number of fused-ring (bicyclic) bond motifs is 2. The highest BCUT2D eigenvalue weighted by Gasteiger charge is 2.23. The first-order valence-electron chi connectivity index (χ1n) is 16.3. The van der Waals surface area contributed by atoms with Gasteiger partial charge in [0.05, 0.1) is 61.9 Å². The van der Waals surface area contributed by atoms with Gasteiger partial charge in [0.15, 0.2) is 33.3 Å². The lowest BCUT2D eigenvalue weighted by Crippen LogP contribution is -2.10. The minimum Gasteiger partial charge on any atom is -0.493 e. The number of methoxy groups -OCH3 is 4. The molecule has 1 amide bonds. The molecule has 8 aromatic rings. The molecule has 0 bridgehead atoms. The molecule has 0 aliphatic heterocycles. The van der Waals surface area contributed by atoms with Crippen molar-refractivity contribution in [3.05, 3.63) is 105 Å². The maximum Gasteiger partial charge on any atom is 0.348 e. The molecule has 18 heteroatoms. The van der Waals surface area contributed by atoms with Crippen LogP contribution < -0.4 is 24.7 Å². The summed E-state index contributed by atoms with van der Waals surface area (Å²) in [6.07, 6.45) is 3.23. The van der Waals surface area contributed by atoms with Crippen LogP contribution >= 0.6 is 45.9 Å². The molecule has 0 unspecified atom stereocenters. The summed E-state index contributed by atoms with van der Waals surface area (Å²) >= 11 is 14.4. The molecule has 0 saturated carbocycles. The Morgan fingerprint density at radius 3 is 1.45 bits per heavy atom. The Morgan fingerprint density at radius 1 is 0.643 bits per heavy atom. The first-order chi connectivity index (χ1) is 27.0. The van der Waals surface area contributed by atoms with E-state index in [0.29, 0.717) is 81.7 Å². The first kappa shape index (κ1) is 38.1. The number of primary amides is 1. The molecule has 284 valence electrons. The van der Waals surface area contributed by atoms with Crippen LogP contribution in [0.15, 0.2) is 85.5 Å². The number of carbonyl (C=O) groups excluding carboxylic acids is 1. The van der Waals surface area contributed by atoms with Crippen LogP contribution in [-0.4, -0.2) is 74.5 Å².